The van der Waals surface area contributed by atoms with Crippen molar-refractivity contribution < 1.29 is 9.18 Å². The first-order valence-electron chi connectivity index (χ1n) is 7.19. The van der Waals surface area contributed by atoms with Gasteiger partial charge in [-0.3, -0.25) is 9.69 Å². The number of hydrogen-bond acceptors (Lipinski definition) is 4. The number of carbonyl (C=O) groups excluding carboxylic acids is 1. The highest BCUT2D eigenvalue weighted by Crippen LogP contribution is 2.17. The number of rotatable bonds is 4. The van der Waals surface area contributed by atoms with Crippen molar-refractivity contribution in [3.05, 3.63) is 29.6 Å². The Morgan fingerprint density at radius 1 is 1.29 bits per heavy atom. The van der Waals surface area contributed by atoms with E-state index in [-0.39, 0.29) is 11.5 Å². The van der Waals surface area contributed by atoms with Crippen LogP contribution in [0, 0.1) is 5.82 Å². The van der Waals surface area contributed by atoms with Crippen molar-refractivity contribution in [1.82, 2.24) is 14.7 Å². The molecule has 21 heavy (non-hydrogen) atoms. The lowest BCUT2D eigenvalue weighted by atomic mass is 10.1. The standard InChI is InChI=1S/C15H23FN4O/c1-18(2)5-6-19-7-9-20(10-8-19)15(21)13-11-12(16)3-4-14(13)17/h3-4,11H,5-10,17H2,1-2H3. The van der Waals surface area contributed by atoms with Gasteiger partial charge in [0.2, 0.25) is 0 Å². The predicted molar refractivity (Wildman–Crippen MR) is 81.7 cm³/mol. The first-order chi connectivity index (χ1) is 9.97. The summed E-state index contributed by atoms with van der Waals surface area (Å²) in [5.41, 5.74) is 6.37. The van der Waals surface area contributed by atoms with Crippen LogP contribution in [0.2, 0.25) is 0 Å². The lowest BCUT2D eigenvalue weighted by Crippen LogP contribution is -2.50. The fourth-order valence-corrected chi connectivity index (χ4v) is 2.40. The fourth-order valence-electron chi connectivity index (χ4n) is 2.40. The summed E-state index contributed by atoms with van der Waals surface area (Å²) in [4.78, 5) is 18.6. The monoisotopic (exact) mass is 294 g/mol. The lowest BCUT2D eigenvalue weighted by molar-refractivity contribution is 0.0630. The molecule has 0 aliphatic carbocycles. The molecule has 1 amide bonds. The van der Waals surface area contributed by atoms with E-state index in [0.717, 1.165) is 26.2 Å². The molecule has 0 aromatic heterocycles. The van der Waals surface area contributed by atoms with Gasteiger partial charge < -0.3 is 15.5 Å². The molecule has 0 spiro atoms. The fraction of sp³-hybridized carbons (Fsp3) is 0.533. The van der Waals surface area contributed by atoms with Crippen molar-refractivity contribution in [2.75, 3.05) is 59.1 Å². The lowest BCUT2D eigenvalue weighted by Gasteiger charge is -2.35. The number of halogens is 1. The van der Waals surface area contributed by atoms with Crippen molar-refractivity contribution >= 4 is 11.6 Å². The van der Waals surface area contributed by atoms with Crippen molar-refractivity contribution in [2.45, 2.75) is 0 Å². The molecule has 0 bridgehead atoms. The minimum atomic E-state index is -0.433. The minimum Gasteiger partial charge on any atom is -0.398 e. The van der Waals surface area contributed by atoms with Gasteiger partial charge in [0.25, 0.3) is 5.91 Å². The molecule has 2 rings (SSSR count). The Hall–Kier alpha value is -1.66. The quantitative estimate of drug-likeness (QED) is 0.832. The Morgan fingerprint density at radius 3 is 2.57 bits per heavy atom. The molecule has 1 fully saturated rings. The number of hydrogen-bond donors (Lipinski definition) is 1. The van der Waals surface area contributed by atoms with Crippen LogP contribution in [0.1, 0.15) is 10.4 Å². The molecular formula is C15H23FN4O. The van der Waals surface area contributed by atoms with Crippen LogP contribution in [-0.4, -0.2) is 74.0 Å². The Kier molecular flexibility index (Phi) is 5.14. The maximum Gasteiger partial charge on any atom is 0.256 e. The molecule has 5 nitrogen and oxygen atoms in total. The zero-order valence-electron chi connectivity index (χ0n) is 12.7. The number of amides is 1. The van der Waals surface area contributed by atoms with E-state index in [1.165, 1.54) is 18.2 Å². The normalized spacial score (nSPS) is 16.5. The van der Waals surface area contributed by atoms with E-state index in [9.17, 15) is 9.18 Å². The van der Waals surface area contributed by atoms with E-state index >= 15 is 0 Å². The second-order valence-corrected chi connectivity index (χ2v) is 5.67. The summed E-state index contributed by atoms with van der Waals surface area (Å²) >= 11 is 0. The Balaban J connectivity index is 1.92. The van der Waals surface area contributed by atoms with Crippen molar-refractivity contribution in [1.29, 1.82) is 0 Å². The molecule has 0 atom stereocenters. The average molecular weight is 294 g/mol. The molecule has 1 heterocycles. The van der Waals surface area contributed by atoms with Crippen molar-refractivity contribution in [3.63, 3.8) is 0 Å². The second kappa shape index (κ2) is 6.87. The number of piperazine rings is 1. The SMILES string of the molecule is CN(C)CCN1CCN(C(=O)c2cc(F)ccc2N)CC1. The third kappa shape index (κ3) is 4.15. The Bertz CT molecular complexity index is 498. The molecule has 1 aliphatic heterocycles. The van der Waals surface area contributed by atoms with Gasteiger partial charge in [-0.15, -0.1) is 0 Å². The highest BCUT2D eigenvalue weighted by Gasteiger charge is 2.23. The van der Waals surface area contributed by atoms with Gasteiger partial charge in [-0.2, -0.15) is 0 Å². The summed E-state index contributed by atoms with van der Waals surface area (Å²) in [6.07, 6.45) is 0. The topological polar surface area (TPSA) is 52.8 Å². The summed E-state index contributed by atoms with van der Waals surface area (Å²) in [5, 5.41) is 0. The van der Waals surface area contributed by atoms with Gasteiger partial charge in [-0.25, -0.2) is 4.39 Å². The van der Waals surface area contributed by atoms with E-state index in [1.807, 2.05) is 14.1 Å². The molecular weight excluding hydrogens is 271 g/mol. The number of nitrogen functional groups attached to an aromatic ring is 1. The van der Waals surface area contributed by atoms with Crippen LogP contribution in [0.4, 0.5) is 10.1 Å². The first kappa shape index (κ1) is 15.7. The second-order valence-electron chi connectivity index (χ2n) is 5.67. The van der Waals surface area contributed by atoms with Crippen LogP contribution in [0.15, 0.2) is 18.2 Å². The van der Waals surface area contributed by atoms with Crippen LogP contribution in [-0.2, 0) is 0 Å². The van der Waals surface area contributed by atoms with Gasteiger partial charge in [0.15, 0.2) is 0 Å². The van der Waals surface area contributed by atoms with Crippen molar-refractivity contribution in [3.8, 4) is 0 Å². The van der Waals surface area contributed by atoms with Crippen LogP contribution >= 0.6 is 0 Å². The van der Waals surface area contributed by atoms with E-state index in [0.29, 0.717) is 18.8 Å². The third-order valence-corrected chi connectivity index (χ3v) is 3.77. The minimum absolute atomic E-state index is 0.181. The zero-order chi connectivity index (χ0) is 15.4. The van der Waals surface area contributed by atoms with Gasteiger partial charge in [0.1, 0.15) is 5.82 Å². The molecule has 116 valence electrons. The first-order valence-corrected chi connectivity index (χ1v) is 7.19. The van der Waals surface area contributed by atoms with E-state index in [2.05, 4.69) is 9.80 Å². The van der Waals surface area contributed by atoms with Crippen LogP contribution < -0.4 is 5.73 Å². The van der Waals surface area contributed by atoms with Gasteiger partial charge in [0, 0.05) is 45.0 Å². The van der Waals surface area contributed by atoms with E-state index in [1.54, 1.807) is 4.90 Å². The van der Waals surface area contributed by atoms with Crippen LogP contribution in [0.3, 0.4) is 0 Å². The van der Waals surface area contributed by atoms with Crippen molar-refractivity contribution in [2.24, 2.45) is 0 Å². The van der Waals surface area contributed by atoms with Gasteiger partial charge in [-0.1, -0.05) is 0 Å². The van der Waals surface area contributed by atoms with Crippen LogP contribution in [0.25, 0.3) is 0 Å². The molecule has 0 unspecified atom stereocenters. The number of nitrogens with zero attached hydrogens (tertiary/aromatic N) is 3. The largest absolute Gasteiger partial charge is 0.398 e. The molecule has 6 heteroatoms. The molecule has 0 radical (unpaired) electrons. The maximum atomic E-state index is 13.3. The third-order valence-electron chi connectivity index (χ3n) is 3.77. The number of likely N-dealkylation sites (N-methyl/N-ethyl adjacent to an activating group) is 1. The number of carbonyl (C=O) groups is 1. The summed E-state index contributed by atoms with van der Waals surface area (Å²) in [5.74, 6) is -0.614. The highest BCUT2D eigenvalue weighted by atomic mass is 19.1. The summed E-state index contributed by atoms with van der Waals surface area (Å²) in [7, 11) is 4.10. The Morgan fingerprint density at radius 2 is 1.95 bits per heavy atom. The highest BCUT2D eigenvalue weighted by molar-refractivity contribution is 5.99. The predicted octanol–water partition coefficient (Wildman–Crippen LogP) is 0.727. The molecule has 0 saturated carbocycles. The van der Waals surface area contributed by atoms with Gasteiger partial charge in [-0.05, 0) is 32.3 Å². The van der Waals surface area contributed by atoms with E-state index in [4.69, 9.17) is 5.73 Å². The summed E-state index contributed by atoms with van der Waals surface area (Å²) < 4.78 is 13.3. The smallest absolute Gasteiger partial charge is 0.256 e. The maximum absolute atomic E-state index is 13.3. The molecule has 1 aliphatic rings. The number of anilines is 1. The molecule has 1 aromatic rings. The van der Waals surface area contributed by atoms with Gasteiger partial charge >= 0.3 is 0 Å². The average Bonchev–Trinajstić information content (AvgIpc) is 2.47. The molecule has 1 saturated heterocycles. The number of nitrogens with two attached hydrogens (primary N) is 1. The summed E-state index contributed by atoms with van der Waals surface area (Å²) in [6.45, 7) is 5.00. The zero-order valence-corrected chi connectivity index (χ0v) is 12.7. The molecule has 2 N–H and O–H groups in total. The molecule has 1 aromatic carbocycles. The summed E-state index contributed by atoms with van der Waals surface area (Å²) in [6, 6.07) is 3.93. The number of benzene rings is 1. The van der Waals surface area contributed by atoms with Gasteiger partial charge in [0.05, 0.1) is 5.56 Å². The van der Waals surface area contributed by atoms with Crippen LogP contribution in [0.5, 0.6) is 0 Å². The van der Waals surface area contributed by atoms with E-state index < -0.39 is 5.82 Å². The Labute approximate surface area is 125 Å².